The van der Waals surface area contributed by atoms with Crippen LogP contribution in [0.25, 0.3) is 12.2 Å². The number of hydrogen-bond donors (Lipinski definition) is 1. The molecular formula is C26H32O2S2. The van der Waals surface area contributed by atoms with E-state index in [9.17, 15) is 4.79 Å². The Morgan fingerprint density at radius 2 is 1.50 bits per heavy atom. The van der Waals surface area contributed by atoms with Gasteiger partial charge in [-0.05, 0) is 76.6 Å². The van der Waals surface area contributed by atoms with Crippen molar-refractivity contribution in [1.82, 2.24) is 0 Å². The smallest absolute Gasteiger partial charge is 0.335 e. The molecule has 160 valence electrons. The highest BCUT2D eigenvalue weighted by Crippen LogP contribution is 2.59. The van der Waals surface area contributed by atoms with E-state index in [1.807, 2.05) is 26.0 Å². The molecule has 1 aliphatic heterocycles. The molecule has 4 heteroatoms. The van der Waals surface area contributed by atoms with Crippen molar-refractivity contribution < 1.29 is 9.90 Å². The van der Waals surface area contributed by atoms with Crippen LogP contribution in [0.4, 0.5) is 0 Å². The molecule has 30 heavy (non-hydrogen) atoms. The average molecular weight is 441 g/mol. The van der Waals surface area contributed by atoms with Crippen LogP contribution >= 0.6 is 23.5 Å². The molecule has 1 heterocycles. The molecule has 1 aliphatic carbocycles. The Morgan fingerprint density at radius 1 is 0.900 bits per heavy atom. The van der Waals surface area contributed by atoms with E-state index < -0.39 is 5.97 Å². The molecule has 0 saturated carbocycles. The predicted octanol–water partition coefficient (Wildman–Crippen LogP) is 7.68. The molecule has 1 saturated heterocycles. The first-order valence-electron chi connectivity index (χ1n) is 10.8. The Morgan fingerprint density at radius 3 is 2.13 bits per heavy atom. The summed E-state index contributed by atoms with van der Waals surface area (Å²) in [4.78, 5) is 11.0. The number of carboxylic acid groups (broad SMARTS) is 1. The first kappa shape index (κ1) is 23.0. The molecule has 1 N–H and O–H groups in total. The number of aromatic carboxylic acids is 1. The molecule has 0 unspecified atom stereocenters. The second kappa shape index (κ2) is 9.65. The fourth-order valence-corrected chi connectivity index (χ4v) is 7.52. The van der Waals surface area contributed by atoms with E-state index in [4.69, 9.17) is 5.11 Å². The summed E-state index contributed by atoms with van der Waals surface area (Å²) >= 11 is 4.28. The van der Waals surface area contributed by atoms with Gasteiger partial charge in [-0.3, -0.25) is 0 Å². The summed E-state index contributed by atoms with van der Waals surface area (Å²) in [5.74, 6) is 1.62. The number of fused-ring (bicyclic) bond motifs is 2. The topological polar surface area (TPSA) is 37.3 Å². The quantitative estimate of drug-likeness (QED) is 0.497. The first-order chi connectivity index (χ1) is 14.4. The average Bonchev–Trinajstić information content (AvgIpc) is 2.78. The van der Waals surface area contributed by atoms with E-state index >= 15 is 0 Å². The SMILES string of the molecule is CC.CC1(C)CCC2(SCCCS2)c2cc(/C=C/c3ccc(C(=O)O)cc3)ccc21. The van der Waals surface area contributed by atoms with Gasteiger partial charge in [0.15, 0.2) is 0 Å². The van der Waals surface area contributed by atoms with Crippen LogP contribution < -0.4 is 0 Å². The fraction of sp³-hybridized carbons (Fsp3) is 0.423. The third-order valence-corrected chi connectivity index (χ3v) is 9.32. The van der Waals surface area contributed by atoms with Gasteiger partial charge in [-0.1, -0.05) is 64.1 Å². The second-order valence-electron chi connectivity index (χ2n) is 8.25. The Balaban J connectivity index is 0.00000124. The number of rotatable bonds is 3. The Hall–Kier alpha value is -1.65. The van der Waals surface area contributed by atoms with Crippen molar-refractivity contribution in [2.75, 3.05) is 11.5 Å². The lowest BCUT2D eigenvalue weighted by molar-refractivity contribution is 0.0697. The van der Waals surface area contributed by atoms with E-state index in [-0.39, 0.29) is 9.49 Å². The molecule has 0 bridgehead atoms. The van der Waals surface area contributed by atoms with Crippen LogP contribution in [0.15, 0.2) is 42.5 Å². The number of carboxylic acids is 1. The predicted molar refractivity (Wildman–Crippen MR) is 134 cm³/mol. The van der Waals surface area contributed by atoms with Gasteiger partial charge in [-0.25, -0.2) is 4.79 Å². The molecule has 1 fully saturated rings. The highest BCUT2D eigenvalue weighted by Gasteiger charge is 2.44. The van der Waals surface area contributed by atoms with Crippen LogP contribution in [0.1, 0.15) is 79.6 Å². The molecule has 2 aliphatic rings. The van der Waals surface area contributed by atoms with Gasteiger partial charge in [0.25, 0.3) is 0 Å². The second-order valence-corrected chi connectivity index (χ2v) is 11.3. The molecule has 1 spiro atoms. The van der Waals surface area contributed by atoms with Gasteiger partial charge in [0.2, 0.25) is 0 Å². The van der Waals surface area contributed by atoms with Crippen LogP contribution in [-0.4, -0.2) is 22.6 Å². The third-order valence-electron chi connectivity index (χ3n) is 5.85. The lowest BCUT2D eigenvalue weighted by Gasteiger charge is -2.46. The third kappa shape index (κ3) is 4.81. The van der Waals surface area contributed by atoms with Crippen molar-refractivity contribution in [1.29, 1.82) is 0 Å². The number of benzene rings is 2. The number of thioether (sulfide) groups is 2. The van der Waals surface area contributed by atoms with Crippen LogP contribution in [0.3, 0.4) is 0 Å². The van der Waals surface area contributed by atoms with Crippen molar-refractivity contribution in [3.05, 3.63) is 70.3 Å². The zero-order valence-corrected chi connectivity index (χ0v) is 20.0. The highest BCUT2D eigenvalue weighted by molar-refractivity contribution is 8.18. The lowest BCUT2D eigenvalue weighted by Crippen LogP contribution is -2.35. The van der Waals surface area contributed by atoms with Crippen molar-refractivity contribution in [3.63, 3.8) is 0 Å². The van der Waals surface area contributed by atoms with Gasteiger partial charge >= 0.3 is 5.97 Å². The molecule has 2 aromatic carbocycles. The zero-order valence-electron chi connectivity index (χ0n) is 18.4. The Labute approximate surface area is 189 Å². The van der Waals surface area contributed by atoms with Crippen LogP contribution in [-0.2, 0) is 9.49 Å². The van der Waals surface area contributed by atoms with Crippen molar-refractivity contribution in [2.45, 2.75) is 56.5 Å². The molecule has 4 rings (SSSR count). The maximum Gasteiger partial charge on any atom is 0.335 e. The van der Waals surface area contributed by atoms with Crippen LogP contribution in [0.5, 0.6) is 0 Å². The van der Waals surface area contributed by atoms with E-state index in [0.717, 1.165) is 5.56 Å². The van der Waals surface area contributed by atoms with Crippen LogP contribution in [0, 0.1) is 0 Å². The lowest BCUT2D eigenvalue weighted by atomic mass is 9.72. The van der Waals surface area contributed by atoms with Crippen molar-refractivity contribution in [3.8, 4) is 0 Å². The van der Waals surface area contributed by atoms with Gasteiger partial charge < -0.3 is 5.11 Å². The van der Waals surface area contributed by atoms with E-state index in [0.29, 0.717) is 5.56 Å². The minimum absolute atomic E-state index is 0.218. The normalized spacial score (nSPS) is 19.1. The maximum atomic E-state index is 11.0. The minimum atomic E-state index is -0.888. The summed E-state index contributed by atoms with van der Waals surface area (Å²) in [5.41, 5.74) is 5.80. The largest absolute Gasteiger partial charge is 0.478 e. The molecule has 0 aromatic heterocycles. The molecule has 2 aromatic rings. The highest BCUT2D eigenvalue weighted by atomic mass is 32.2. The number of carbonyl (C=O) groups is 1. The van der Waals surface area contributed by atoms with E-state index in [1.54, 1.807) is 12.1 Å². The van der Waals surface area contributed by atoms with Gasteiger partial charge in [-0.15, -0.1) is 23.5 Å². The molecule has 0 radical (unpaired) electrons. The first-order valence-corrected chi connectivity index (χ1v) is 12.8. The summed E-state index contributed by atoms with van der Waals surface area (Å²) in [5, 5.41) is 9.04. The monoisotopic (exact) mass is 440 g/mol. The summed E-state index contributed by atoms with van der Waals surface area (Å²) in [6.07, 6.45) is 8.00. The van der Waals surface area contributed by atoms with Crippen molar-refractivity contribution in [2.24, 2.45) is 0 Å². The molecular weight excluding hydrogens is 408 g/mol. The van der Waals surface area contributed by atoms with Crippen LogP contribution in [0.2, 0.25) is 0 Å². The summed E-state index contributed by atoms with van der Waals surface area (Å²) in [6.45, 7) is 8.74. The zero-order chi connectivity index (χ0) is 21.8. The van der Waals surface area contributed by atoms with Gasteiger partial charge in [0.1, 0.15) is 0 Å². The van der Waals surface area contributed by atoms with E-state index in [1.165, 1.54) is 47.5 Å². The van der Waals surface area contributed by atoms with Gasteiger partial charge in [-0.2, -0.15) is 0 Å². The summed E-state index contributed by atoms with van der Waals surface area (Å²) in [6, 6.07) is 14.0. The molecule has 0 atom stereocenters. The summed E-state index contributed by atoms with van der Waals surface area (Å²) in [7, 11) is 0. The van der Waals surface area contributed by atoms with Gasteiger partial charge in [0.05, 0.1) is 9.64 Å². The minimum Gasteiger partial charge on any atom is -0.478 e. The standard InChI is InChI=1S/C24H26O2S2.C2H6/c1-23(2)12-13-24(27-14-3-15-28-24)21-16-18(8-11-20(21)23)5-4-17-6-9-19(10-7-17)22(25)26;1-2/h4-11,16H,3,12-15H2,1-2H3,(H,25,26);1-2H3/b5-4+;. The van der Waals surface area contributed by atoms with E-state index in [2.05, 4.69) is 67.7 Å². The van der Waals surface area contributed by atoms with Crippen molar-refractivity contribution >= 4 is 41.6 Å². The fourth-order valence-electron chi connectivity index (χ4n) is 4.12. The Kier molecular flexibility index (Phi) is 7.41. The van der Waals surface area contributed by atoms with Gasteiger partial charge in [0, 0.05) is 0 Å². The maximum absolute atomic E-state index is 11.0. The molecule has 2 nitrogen and oxygen atoms in total. The molecule has 0 amide bonds. The summed E-state index contributed by atoms with van der Waals surface area (Å²) < 4.78 is 0.218. The Bertz CT molecular complexity index is 907. The number of hydrogen-bond acceptors (Lipinski definition) is 3.